The zero-order valence-electron chi connectivity index (χ0n) is 14.4. The summed E-state index contributed by atoms with van der Waals surface area (Å²) in [4.78, 5) is 15.3. The molecule has 0 amide bonds. The Balaban J connectivity index is 2.44. The molecule has 0 heterocycles. The molecule has 2 N–H and O–H groups in total. The van der Waals surface area contributed by atoms with Crippen LogP contribution >= 0.6 is 11.6 Å². The Kier molecular flexibility index (Phi) is 6.59. The average Bonchev–Trinajstić information content (AvgIpc) is 2.58. The molecule has 0 fully saturated rings. The number of phenols is 1. The van der Waals surface area contributed by atoms with Crippen LogP contribution in [-0.2, 0) is 11.2 Å². The zero-order valence-corrected chi connectivity index (χ0v) is 15.2. The molecule has 0 aliphatic rings. The summed E-state index contributed by atoms with van der Waals surface area (Å²) in [6.07, 6.45) is 1.44. The van der Waals surface area contributed by atoms with E-state index in [1.165, 1.54) is 5.56 Å². The summed E-state index contributed by atoms with van der Waals surface area (Å²) >= 11 is 6.16. The fraction of sp³-hybridized carbons (Fsp3) is 0.300. The van der Waals surface area contributed by atoms with Gasteiger partial charge in [-0.3, -0.25) is 9.79 Å². The van der Waals surface area contributed by atoms with E-state index in [0.717, 1.165) is 12.0 Å². The lowest BCUT2D eigenvalue weighted by Gasteiger charge is -2.13. The smallest absolute Gasteiger partial charge is 0.303 e. The van der Waals surface area contributed by atoms with Gasteiger partial charge in [-0.05, 0) is 43.0 Å². The monoisotopic (exact) mass is 359 g/mol. The van der Waals surface area contributed by atoms with Crippen molar-refractivity contribution < 1.29 is 15.0 Å². The van der Waals surface area contributed by atoms with Gasteiger partial charge in [-0.25, -0.2) is 0 Å². The zero-order chi connectivity index (χ0) is 18.4. The maximum atomic E-state index is 10.7. The van der Waals surface area contributed by atoms with E-state index in [1.807, 2.05) is 24.3 Å². The van der Waals surface area contributed by atoms with Gasteiger partial charge in [0, 0.05) is 29.1 Å². The molecule has 0 aromatic heterocycles. The van der Waals surface area contributed by atoms with Crippen LogP contribution in [-0.4, -0.2) is 28.4 Å². The lowest BCUT2D eigenvalue weighted by molar-refractivity contribution is -0.137. The van der Waals surface area contributed by atoms with Crippen molar-refractivity contribution in [3.63, 3.8) is 0 Å². The van der Waals surface area contributed by atoms with Gasteiger partial charge in [0.2, 0.25) is 0 Å². The van der Waals surface area contributed by atoms with Crippen molar-refractivity contribution in [1.29, 1.82) is 0 Å². The van der Waals surface area contributed by atoms with E-state index in [0.29, 0.717) is 34.8 Å². The van der Waals surface area contributed by atoms with Crippen LogP contribution in [0, 0.1) is 6.92 Å². The molecule has 0 atom stereocenters. The fourth-order valence-electron chi connectivity index (χ4n) is 2.57. The van der Waals surface area contributed by atoms with Crippen LogP contribution in [0.3, 0.4) is 0 Å². The Hall–Kier alpha value is -2.33. The van der Waals surface area contributed by atoms with Crippen LogP contribution < -0.4 is 0 Å². The quantitative estimate of drug-likeness (QED) is 0.559. The summed E-state index contributed by atoms with van der Waals surface area (Å²) < 4.78 is 0. The highest BCUT2D eigenvalue weighted by Gasteiger charge is 2.15. The SMILES string of the molecule is CCc1ccc(C(=NCCCC(=O)O)c2cc(Cl)cc(C)c2O)cc1. The predicted octanol–water partition coefficient (Wildman–Crippen LogP) is 4.62. The number of rotatable bonds is 7. The second-order valence-electron chi connectivity index (χ2n) is 5.90. The van der Waals surface area contributed by atoms with Gasteiger partial charge in [0.05, 0.1) is 5.71 Å². The van der Waals surface area contributed by atoms with E-state index in [2.05, 4.69) is 11.9 Å². The van der Waals surface area contributed by atoms with E-state index >= 15 is 0 Å². The van der Waals surface area contributed by atoms with Crippen molar-refractivity contribution in [3.8, 4) is 5.75 Å². The molecule has 4 nitrogen and oxygen atoms in total. The third kappa shape index (κ3) is 5.07. The molecule has 2 aromatic rings. The maximum absolute atomic E-state index is 10.7. The van der Waals surface area contributed by atoms with Gasteiger partial charge in [-0.1, -0.05) is 42.8 Å². The van der Waals surface area contributed by atoms with Crippen LogP contribution in [0.4, 0.5) is 0 Å². The van der Waals surface area contributed by atoms with Gasteiger partial charge in [-0.15, -0.1) is 0 Å². The maximum Gasteiger partial charge on any atom is 0.303 e. The Bertz CT molecular complexity index is 782. The molecule has 0 spiro atoms. The summed E-state index contributed by atoms with van der Waals surface area (Å²) in [6, 6.07) is 11.4. The fourth-order valence-corrected chi connectivity index (χ4v) is 2.84. The van der Waals surface area contributed by atoms with E-state index < -0.39 is 5.97 Å². The predicted molar refractivity (Wildman–Crippen MR) is 101 cm³/mol. The highest BCUT2D eigenvalue weighted by molar-refractivity contribution is 6.31. The van der Waals surface area contributed by atoms with Crippen molar-refractivity contribution in [2.75, 3.05) is 6.54 Å². The van der Waals surface area contributed by atoms with Crippen molar-refractivity contribution >= 4 is 23.3 Å². The van der Waals surface area contributed by atoms with Crippen molar-refractivity contribution in [2.45, 2.75) is 33.1 Å². The van der Waals surface area contributed by atoms with Gasteiger partial charge in [-0.2, -0.15) is 0 Å². The first-order valence-electron chi connectivity index (χ1n) is 8.27. The minimum absolute atomic E-state index is 0.0616. The normalized spacial score (nSPS) is 11.6. The molecule has 5 heteroatoms. The second-order valence-corrected chi connectivity index (χ2v) is 6.33. The Labute approximate surface area is 152 Å². The lowest BCUT2D eigenvalue weighted by Crippen LogP contribution is -2.07. The third-order valence-electron chi connectivity index (χ3n) is 3.97. The molecule has 132 valence electrons. The number of carboxylic acid groups (broad SMARTS) is 1. The molecule has 0 aliphatic heterocycles. The number of aromatic hydroxyl groups is 1. The Morgan fingerprint density at radius 2 is 1.88 bits per heavy atom. The molecule has 0 bridgehead atoms. The van der Waals surface area contributed by atoms with Gasteiger partial charge in [0.1, 0.15) is 5.75 Å². The Morgan fingerprint density at radius 3 is 2.48 bits per heavy atom. The summed E-state index contributed by atoms with van der Waals surface area (Å²) in [6.45, 7) is 4.23. The topological polar surface area (TPSA) is 69.9 Å². The summed E-state index contributed by atoms with van der Waals surface area (Å²) in [5.41, 5.74) is 3.93. The molecule has 0 aliphatic carbocycles. The summed E-state index contributed by atoms with van der Waals surface area (Å²) in [5.74, 6) is -0.702. The molecular weight excluding hydrogens is 338 g/mol. The first kappa shape index (κ1) is 19.0. The first-order chi connectivity index (χ1) is 11.9. The standard InChI is InChI=1S/C20H22ClNO3/c1-3-14-6-8-15(9-7-14)19(22-10-4-5-18(23)24)17-12-16(21)11-13(2)20(17)25/h6-9,11-12,25H,3-5,10H2,1-2H3,(H,23,24). The molecule has 0 saturated heterocycles. The molecule has 0 saturated carbocycles. The van der Waals surface area contributed by atoms with Crippen LogP contribution in [0.2, 0.25) is 5.02 Å². The summed E-state index contributed by atoms with van der Waals surface area (Å²) in [5, 5.41) is 19.8. The second kappa shape index (κ2) is 8.67. The summed E-state index contributed by atoms with van der Waals surface area (Å²) in [7, 11) is 0. The molecule has 2 aromatic carbocycles. The number of hydrogen-bond acceptors (Lipinski definition) is 3. The number of carbonyl (C=O) groups is 1. The lowest BCUT2D eigenvalue weighted by atomic mass is 9.98. The van der Waals surface area contributed by atoms with Gasteiger partial charge in [0.15, 0.2) is 0 Å². The number of halogens is 1. The number of aliphatic imine (C=N–C) groups is 1. The number of benzene rings is 2. The number of phenolic OH excluding ortho intramolecular Hbond substituents is 1. The minimum Gasteiger partial charge on any atom is -0.507 e. The molecule has 25 heavy (non-hydrogen) atoms. The van der Waals surface area contributed by atoms with Crippen molar-refractivity contribution in [2.24, 2.45) is 4.99 Å². The van der Waals surface area contributed by atoms with Crippen LogP contribution in [0.25, 0.3) is 0 Å². The highest BCUT2D eigenvalue weighted by atomic mass is 35.5. The number of nitrogens with zero attached hydrogens (tertiary/aromatic N) is 1. The number of carboxylic acids is 1. The van der Waals surface area contributed by atoms with Crippen molar-refractivity contribution in [1.82, 2.24) is 0 Å². The molecule has 0 unspecified atom stereocenters. The molecule has 2 rings (SSSR count). The van der Waals surface area contributed by atoms with Gasteiger partial charge >= 0.3 is 5.97 Å². The van der Waals surface area contributed by atoms with Crippen molar-refractivity contribution in [3.05, 3.63) is 63.7 Å². The van der Waals surface area contributed by atoms with Crippen LogP contribution in [0.1, 0.15) is 42.0 Å². The molecule has 0 radical (unpaired) electrons. The van der Waals surface area contributed by atoms with E-state index in [4.69, 9.17) is 16.7 Å². The van der Waals surface area contributed by atoms with E-state index in [-0.39, 0.29) is 12.2 Å². The largest absolute Gasteiger partial charge is 0.507 e. The minimum atomic E-state index is -0.842. The van der Waals surface area contributed by atoms with Gasteiger partial charge < -0.3 is 10.2 Å². The average molecular weight is 360 g/mol. The van der Waals surface area contributed by atoms with E-state index in [1.54, 1.807) is 19.1 Å². The number of hydrogen-bond donors (Lipinski definition) is 2. The van der Waals surface area contributed by atoms with Crippen LogP contribution in [0.15, 0.2) is 41.4 Å². The van der Waals surface area contributed by atoms with Crippen LogP contribution in [0.5, 0.6) is 5.75 Å². The third-order valence-corrected chi connectivity index (χ3v) is 4.19. The first-order valence-corrected chi connectivity index (χ1v) is 8.65. The van der Waals surface area contributed by atoms with Gasteiger partial charge in [0.25, 0.3) is 0 Å². The number of aryl methyl sites for hydroxylation is 2. The number of aliphatic carboxylic acids is 1. The highest BCUT2D eigenvalue weighted by Crippen LogP contribution is 2.29. The Morgan fingerprint density at radius 1 is 1.20 bits per heavy atom. The van der Waals surface area contributed by atoms with E-state index in [9.17, 15) is 9.90 Å². The molecular formula is C20H22ClNO3.